The molecule has 0 atom stereocenters. The van der Waals surface area contributed by atoms with Crippen LogP contribution >= 0.6 is 11.3 Å². The van der Waals surface area contributed by atoms with Crippen molar-refractivity contribution in [1.82, 2.24) is 5.32 Å². The number of benzene rings is 1. The van der Waals surface area contributed by atoms with Crippen molar-refractivity contribution in [1.29, 1.82) is 5.26 Å². The summed E-state index contributed by atoms with van der Waals surface area (Å²) in [5.74, 6) is 0.445. The number of nitrogens with zero attached hydrogens (tertiary/aromatic N) is 1. The lowest BCUT2D eigenvalue weighted by molar-refractivity contribution is -0.111. The second-order valence-corrected chi connectivity index (χ2v) is 6.42. The van der Waals surface area contributed by atoms with Crippen molar-refractivity contribution in [2.24, 2.45) is 0 Å². The van der Waals surface area contributed by atoms with Crippen molar-refractivity contribution in [2.75, 3.05) is 19.0 Å². The fourth-order valence-electron chi connectivity index (χ4n) is 2.66. The maximum Gasteiger partial charge on any atom is 0.249 e. The Morgan fingerprint density at radius 1 is 1.46 bits per heavy atom. The van der Waals surface area contributed by atoms with E-state index in [2.05, 4.69) is 16.7 Å². The molecule has 6 heteroatoms. The van der Waals surface area contributed by atoms with E-state index >= 15 is 0 Å². The second-order valence-electron chi connectivity index (χ2n) is 5.31. The summed E-state index contributed by atoms with van der Waals surface area (Å²) in [7, 11) is 1.59. The number of fused-ring (bicyclic) bond motifs is 1. The van der Waals surface area contributed by atoms with Crippen LogP contribution in [0.25, 0.3) is 6.08 Å². The number of rotatable bonds is 4. The molecule has 122 valence electrons. The maximum absolute atomic E-state index is 12.2. The van der Waals surface area contributed by atoms with Gasteiger partial charge in [-0.25, -0.2) is 0 Å². The molecule has 5 nitrogen and oxygen atoms in total. The second kappa shape index (κ2) is 7.30. The maximum atomic E-state index is 12.2. The number of para-hydroxylation sites is 1. The van der Waals surface area contributed by atoms with Crippen LogP contribution in [0.5, 0.6) is 5.75 Å². The fraction of sp³-hybridized carbons (Fsp3) is 0.222. The minimum Gasteiger partial charge on any atom is -0.496 e. The first-order chi connectivity index (χ1) is 11.7. The van der Waals surface area contributed by atoms with E-state index in [1.807, 2.05) is 24.3 Å². The van der Waals surface area contributed by atoms with Gasteiger partial charge in [0.15, 0.2) is 0 Å². The molecule has 1 aromatic heterocycles. The molecule has 1 amide bonds. The molecule has 2 N–H and O–H groups in total. The smallest absolute Gasteiger partial charge is 0.249 e. The normalized spacial score (nSPS) is 13.3. The number of carbonyl (C=O) groups is 1. The summed E-state index contributed by atoms with van der Waals surface area (Å²) in [6, 6.07) is 9.70. The predicted octanol–water partition coefficient (Wildman–Crippen LogP) is 2.93. The highest BCUT2D eigenvalue weighted by Crippen LogP contribution is 2.34. The van der Waals surface area contributed by atoms with E-state index in [1.165, 1.54) is 17.4 Å². The number of ether oxygens (including phenoxy) is 1. The highest BCUT2D eigenvalue weighted by molar-refractivity contribution is 7.16. The molecule has 2 heterocycles. The Hall–Kier alpha value is -2.62. The number of hydrogen-bond donors (Lipinski definition) is 2. The van der Waals surface area contributed by atoms with Crippen molar-refractivity contribution < 1.29 is 9.53 Å². The van der Waals surface area contributed by atoms with Crippen LogP contribution < -0.4 is 15.4 Å². The Morgan fingerprint density at radius 2 is 2.29 bits per heavy atom. The third-order valence-electron chi connectivity index (χ3n) is 3.83. The van der Waals surface area contributed by atoms with Crippen LogP contribution in [-0.2, 0) is 17.8 Å². The zero-order chi connectivity index (χ0) is 16.9. The first kappa shape index (κ1) is 16.2. The van der Waals surface area contributed by atoms with Gasteiger partial charge in [-0.15, -0.1) is 11.3 Å². The average molecular weight is 339 g/mol. The Morgan fingerprint density at radius 3 is 3.08 bits per heavy atom. The van der Waals surface area contributed by atoms with Gasteiger partial charge >= 0.3 is 0 Å². The largest absolute Gasteiger partial charge is 0.496 e. The average Bonchev–Trinajstić information content (AvgIpc) is 2.97. The van der Waals surface area contributed by atoms with Gasteiger partial charge in [0.05, 0.1) is 12.7 Å². The van der Waals surface area contributed by atoms with Crippen molar-refractivity contribution in [3.63, 3.8) is 0 Å². The lowest BCUT2D eigenvalue weighted by Crippen LogP contribution is -2.22. The van der Waals surface area contributed by atoms with Gasteiger partial charge in [0.2, 0.25) is 5.91 Å². The van der Waals surface area contributed by atoms with Crippen LogP contribution in [0, 0.1) is 11.3 Å². The molecule has 1 aromatic carbocycles. The monoisotopic (exact) mass is 339 g/mol. The van der Waals surface area contributed by atoms with Gasteiger partial charge < -0.3 is 15.4 Å². The molecule has 0 saturated carbocycles. The van der Waals surface area contributed by atoms with Crippen LogP contribution in [0.4, 0.5) is 5.00 Å². The van der Waals surface area contributed by atoms with E-state index < -0.39 is 0 Å². The highest BCUT2D eigenvalue weighted by Gasteiger charge is 2.21. The Kier molecular flexibility index (Phi) is 4.94. The number of thiophene rings is 1. The summed E-state index contributed by atoms with van der Waals surface area (Å²) in [5, 5.41) is 16.1. The van der Waals surface area contributed by atoms with E-state index in [9.17, 15) is 10.1 Å². The van der Waals surface area contributed by atoms with Gasteiger partial charge in [0.25, 0.3) is 0 Å². The molecule has 2 aromatic rings. The predicted molar refractivity (Wildman–Crippen MR) is 95.1 cm³/mol. The number of amides is 1. The van der Waals surface area contributed by atoms with E-state index in [4.69, 9.17) is 4.74 Å². The summed E-state index contributed by atoms with van der Waals surface area (Å²) in [5.41, 5.74) is 2.48. The summed E-state index contributed by atoms with van der Waals surface area (Å²) in [6.45, 7) is 1.61. The molecule has 3 rings (SSSR count). The Bertz CT molecular complexity index is 833. The first-order valence-corrected chi connectivity index (χ1v) is 8.42. The summed E-state index contributed by atoms with van der Waals surface area (Å²) >= 11 is 1.47. The minimum atomic E-state index is -0.260. The molecule has 1 aliphatic rings. The van der Waals surface area contributed by atoms with Crippen molar-refractivity contribution in [3.8, 4) is 11.8 Å². The molecule has 0 aliphatic carbocycles. The number of nitrogens with one attached hydrogen (secondary N) is 2. The third-order valence-corrected chi connectivity index (χ3v) is 4.98. The fourth-order valence-corrected chi connectivity index (χ4v) is 3.83. The Balaban J connectivity index is 1.77. The van der Waals surface area contributed by atoms with Gasteiger partial charge in [0, 0.05) is 23.1 Å². The summed E-state index contributed by atoms with van der Waals surface area (Å²) in [4.78, 5) is 13.3. The first-order valence-electron chi connectivity index (χ1n) is 7.60. The molecule has 0 bridgehead atoms. The molecule has 0 unspecified atom stereocenters. The van der Waals surface area contributed by atoms with E-state index in [1.54, 1.807) is 13.2 Å². The molecular formula is C18H17N3O2S. The summed E-state index contributed by atoms with van der Waals surface area (Å²) < 4.78 is 5.26. The molecule has 1 aliphatic heterocycles. The van der Waals surface area contributed by atoms with Crippen molar-refractivity contribution >= 4 is 28.3 Å². The molecule has 0 fully saturated rings. The van der Waals surface area contributed by atoms with Gasteiger partial charge in [-0.3, -0.25) is 4.79 Å². The number of nitriles is 1. The molecule has 0 radical (unpaired) electrons. The molecule has 0 saturated heterocycles. The third kappa shape index (κ3) is 3.32. The topological polar surface area (TPSA) is 74.1 Å². The number of anilines is 1. The molecule has 24 heavy (non-hydrogen) atoms. The van der Waals surface area contributed by atoms with E-state index in [0.717, 1.165) is 35.5 Å². The highest BCUT2D eigenvalue weighted by atomic mass is 32.1. The van der Waals surface area contributed by atoms with E-state index in [-0.39, 0.29) is 5.91 Å². The van der Waals surface area contributed by atoms with Crippen LogP contribution in [0.2, 0.25) is 0 Å². The van der Waals surface area contributed by atoms with E-state index in [0.29, 0.717) is 16.3 Å². The van der Waals surface area contributed by atoms with Gasteiger partial charge in [0.1, 0.15) is 16.8 Å². The molecular weight excluding hydrogens is 322 g/mol. The molecule has 0 spiro atoms. The van der Waals surface area contributed by atoms with Crippen LogP contribution in [-0.4, -0.2) is 19.6 Å². The Labute approximate surface area is 144 Å². The van der Waals surface area contributed by atoms with Crippen LogP contribution in [0.1, 0.15) is 21.6 Å². The lowest BCUT2D eigenvalue weighted by atomic mass is 10.1. The SMILES string of the molecule is COc1ccccc1/C=C\C(=O)Nc1sc2c(c1C#N)CCNC2. The quantitative estimate of drug-likeness (QED) is 0.840. The summed E-state index contributed by atoms with van der Waals surface area (Å²) in [6.07, 6.45) is 3.98. The van der Waals surface area contributed by atoms with Crippen molar-refractivity contribution in [3.05, 3.63) is 51.9 Å². The number of carbonyl (C=O) groups excluding carboxylic acids is 1. The lowest BCUT2D eigenvalue weighted by Gasteiger charge is -2.11. The van der Waals surface area contributed by atoms with Gasteiger partial charge in [-0.05, 0) is 30.7 Å². The van der Waals surface area contributed by atoms with Gasteiger partial charge in [-0.1, -0.05) is 18.2 Å². The zero-order valence-corrected chi connectivity index (χ0v) is 14.1. The van der Waals surface area contributed by atoms with Crippen LogP contribution in [0.3, 0.4) is 0 Å². The number of methoxy groups -OCH3 is 1. The minimum absolute atomic E-state index is 0.260. The zero-order valence-electron chi connectivity index (χ0n) is 13.3. The van der Waals surface area contributed by atoms with Gasteiger partial charge in [-0.2, -0.15) is 5.26 Å². The number of hydrogen-bond acceptors (Lipinski definition) is 5. The standard InChI is InChI=1S/C18H17N3O2S/c1-23-15-5-3-2-4-12(15)6-7-17(22)21-18-14(10-19)13-8-9-20-11-16(13)24-18/h2-7,20H,8-9,11H2,1H3,(H,21,22)/b7-6-. The van der Waals surface area contributed by atoms with Crippen LogP contribution in [0.15, 0.2) is 30.3 Å². The van der Waals surface area contributed by atoms with Crippen molar-refractivity contribution in [2.45, 2.75) is 13.0 Å².